The molecule has 2 aromatic rings. The van der Waals surface area contributed by atoms with Crippen LogP contribution in [0.5, 0.6) is 0 Å². The minimum atomic E-state index is -3.31. The fourth-order valence-electron chi connectivity index (χ4n) is 3.36. The molecule has 1 aromatic heterocycles. The van der Waals surface area contributed by atoms with Gasteiger partial charge >= 0.3 is 0 Å². The van der Waals surface area contributed by atoms with Crippen LogP contribution in [0.1, 0.15) is 41.1 Å². The number of halogens is 1. The third-order valence-electron chi connectivity index (χ3n) is 5.00. The number of carbonyl (C=O) groups excluding carboxylic acids is 1. The van der Waals surface area contributed by atoms with Crippen LogP contribution in [0.15, 0.2) is 34.5 Å². The maximum Gasteiger partial charge on any atom is 0.261 e. The highest BCUT2D eigenvalue weighted by molar-refractivity contribution is 7.94. The topological polar surface area (TPSA) is 96.1 Å². The largest absolute Gasteiger partial charge is 0.345 e. The Balaban J connectivity index is 1.65. The van der Waals surface area contributed by atoms with Gasteiger partial charge < -0.3 is 10.3 Å². The first-order chi connectivity index (χ1) is 12.3. The quantitative estimate of drug-likeness (QED) is 0.856. The molecule has 1 amide bonds. The highest BCUT2D eigenvalue weighted by atomic mass is 32.2. The van der Waals surface area contributed by atoms with Crippen molar-refractivity contribution in [2.45, 2.75) is 31.2 Å². The third kappa shape index (κ3) is 3.05. The zero-order valence-electron chi connectivity index (χ0n) is 13.8. The van der Waals surface area contributed by atoms with E-state index >= 15 is 0 Å². The van der Waals surface area contributed by atoms with Crippen LogP contribution >= 0.6 is 0 Å². The molecule has 1 aromatic carbocycles. The summed E-state index contributed by atoms with van der Waals surface area (Å²) in [7, 11) is -3.31. The molecule has 1 saturated carbocycles. The fraction of sp³-hybridized carbons (Fsp3) is 0.333. The van der Waals surface area contributed by atoms with Crippen molar-refractivity contribution in [1.82, 2.24) is 10.3 Å². The third-order valence-corrected chi connectivity index (χ3v) is 6.39. The van der Waals surface area contributed by atoms with Gasteiger partial charge in [-0.2, -0.15) is 0 Å². The van der Waals surface area contributed by atoms with Gasteiger partial charge in [0.2, 0.25) is 0 Å². The van der Waals surface area contributed by atoms with Crippen LogP contribution in [0.4, 0.5) is 4.39 Å². The summed E-state index contributed by atoms with van der Waals surface area (Å²) < 4.78 is 37.2. The number of aromatic nitrogens is 1. The van der Waals surface area contributed by atoms with E-state index < -0.39 is 27.3 Å². The predicted molar refractivity (Wildman–Crippen MR) is 95.3 cm³/mol. The van der Waals surface area contributed by atoms with Crippen LogP contribution in [0.2, 0.25) is 0 Å². The van der Waals surface area contributed by atoms with Crippen LogP contribution in [0.25, 0.3) is 10.9 Å². The summed E-state index contributed by atoms with van der Waals surface area (Å²) in [6.07, 6.45) is 4.31. The minimum Gasteiger partial charge on any atom is -0.345 e. The normalized spacial score (nSPS) is 21.7. The maximum atomic E-state index is 14.4. The number of benzene rings is 1. The minimum absolute atomic E-state index is 0.175. The van der Waals surface area contributed by atoms with Crippen LogP contribution in [0, 0.1) is 5.82 Å². The number of sulfone groups is 1. The Morgan fingerprint density at radius 3 is 2.62 bits per heavy atom. The number of nitrogens with one attached hydrogen (secondary N) is 2. The Kier molecular flexibility index (Phi) is 3.95. The number of aromatic amines is 1. The highest BCUT2D eigenvalue weighted by Gasteiger charge is 2.26. The summed E-state index contributed by atoms with van der Waals surface area (Å²) >= 11 is 0. The molecule has 1 aliphatic carbocycles. The van der Waals surface area contributed by atoms with Crippen LogP contribution in [-0.4, -0.2) is 31.1 Å². The molecule has 8 heteroatoms. The first kappa shape index (κ1) is 17.0. The molecule has 0 spiro atoms. The summed E-state index contributed by atoms with van der Waals surface area (Å²) in [6.45, 7) is 0. The first-order valence-electron chi connectivity index (χ1n) is 8.41. The van der Waals surface area contributed by atoms with E-state index in [1.807, 2.05) is 0 Å². The van der Waals surface area contributed by atoms with Crippen molar-refractivity contribution < 1.29 is 17.6 Å². The van der Waals surface area contributed by atoms with Crippen molar-refractivity contribution in [3.63, 3.8) is 0 Å². The van der Waals surface area contributed by atoms with E-state index in [2.05, 4.69) is 10.3 Å². The molecule has 6 nitrogen and oxygen atoms in total. The molecule has 26 heavy (non-hydrogen) atoms. The smallest absolute Gasteiger partial charge is 0.261 e. The monoisotopic (exact) mass is 376 g/mol. The van der Waals surface area contributed by atoms with Gasteiger partial charge in [0.15, 0.2) is 9.84 Å². The van der Waals surface area contributed by atoms with Gasteiger partial charge in [0.25, 0.3) is 11.5 Å². The number of hydrogen-bond donors (Lipinski definition) is 2. The van der Waals surface area contributed by atoms with Crippen molar-refractivity contribution in [2.24, 2.45) is 0 Å². The molecule has 0 bridgehead atoms. The number of carbonyl (C=O) groups is 1. The second-order valence-electron chi connectivity index (χ2n) is 6.84. The number of fused-ring (bicyclic) bond motifs is 1. The molecule has 1 aliphatic heterocycles. The number of pyridine rings is 1. The fourth-order valence-corrected chi connectivity index (χ4v) is 4.59. The maximum absolute atomic E-state index is 14.4. The second-order valence-corrected chi connectivity index (χ2v) is 8.77. The Bertz CT molecular complexity index is 1100. The zero-order chi connectivity index (χ0) is 18.5. The SMILES string of the molecule is O=C(N[C@@H]1C=CS(=O)(=O)C1)c1cc2cc(F)c(C3CCC3)cc2[nH]c1=O. The molecular weight excluding hydrogens is 359 g/mol. The lowest BCUT2D eigenvalue weighted by molar-refractivity contribution is 0.0946. The van der Waals surface area contributed by atoms with E-state index in [0.717, 1.165) is 24.7 Å². The number of hydrogen-bond acceptors (Lipinski definition) is 4. The van der Waals surface area contributed by atoms with Crippen LogP contribution < -0.4 is 10.9 Å². The standard InChI is InChI=1S/C18H17FN2O4S/c19-15-7-11-6-14(17(22)20-12-4-5-26(24,25)9-12)18(23)21-16(11)8-13(15)10-2-1-3-10/h4-8,10,12H,1-3,9H2,(H,20,22)(H,21,23)/t12-/m1/s1. The van der Waals surface area contributed by atoms with Crippen molar-refractivity contribution >= 4 is 26.6 Å². The van der Waals surface area contributed by atoms with E-state index in [0.29, 0.717) is 16.5 Å². The van der Waals surface area contributed by atoms with E-state index in [-0.39, 0.29) is 23.1 Å². The Morgan fingerprint density at radius 1 is 1.23 bits per heavy atom. The molecule has 4 rings (SSSR count). The summed E-state index contributed by atoms with van der Waals surface area (Å²) in [5.41, 5.74) is 0.313. The molecule has 0 unspecified atom stereocenters. The number of H-pyrrole nitrogens is 1. The van der Waals surface area contributed by atoms with Gasteiger partial charge in [-0.1, -0.05) is 6.42 Å². The van der Waals surface area contributed by atoms with Crippen molar-refractivity contribution in [3.05, 3.63) is 57.0 Å². The van der Waals surface area contributed by atoms with Gasteiger partial charge in [0, 0.05) is 16.3 Å². The Labute approximate surface area is 149 Å². The molecule has 1 fully saturated rings. The van der Waals surface area contributed by atoms with Crippen LogP contribution in [-0.2, 0) is 9.84 Å². The second kappa shape index (κ2) is 6.05. The molecule has 0 radical (unpaired) electrons. The number of amides is 1. The molecule has 0 saturated heterocycles. The van der Waals surface area contributed by atoms with Gasteiger partial charge in [0.05, 0.1) is 11.8 Å². The van der Waals surface area contributed by atoms with Gasteiger partial charge in [-0.25, -0.2) is 12.8 Å². The van der Waals surface area contributed by atoms with Crippen molar-refractivity contribution in [3.8, 4) is 0 Å². The van der Waals surface area contributed by atoms with Gasteiger partial charge in [-0.3, -0.25) is 9.59 Å². The lowest BCUT2D eigenvalue weighted by atomic mass is 9.79. The van der Waals surface area contributed by atoms with E-state index in [1.54, 1.807) is 6.07 Å². The molecule has 2 heterocycles. The summed E-state index contributed by atoms with van der Waals surface area (Å²) in [5, 5.41) is 3.96. The zero-order valence-corrected chi connectivity index (χ0v) is 14.6. The molecule has 1 atom stereocenters. The summed E-state index contributed by atoms with van der Waals surface area (Å²) in [6, 6.07) is 3.63. The van der Waals surface area contributed by atoms with Crippen molar-refractivity contribution in [1.29, 1.82) is 0 Å². The molecule has 136 valence electrons. The van der Waals surface area contributed by atoms with E-state index in [1.165, 1.54) is 18.2 Å². The van der Waals surface area contributed by atoms with Gasteiger partial charge in [0.1, 0.15) is 11.4 Å². The first-order valence-corrected chi connectivity index (χ1v) is 10.1. The summed E-state index contributed by atoms with van der Waals surface area (Å²) in [4.78, 5) is 27.2. The van der Waals surface area contributed by atoms with Gasteiger partial charge in [-0.05, 0) is 48.6 Å². The van der Waals surface area contributed by atoms with E-state index in [9.17, 15) is 22.4 Å². The Hall–Kier alpha value is -2.48. The molecule has 2 N–H and O–H groups in total. The van der Waals surface area contributed by atoms with Gasteiger partial charge in [-0.15, -0.1) is 0 Å². The lowest BCUT2D eigenvalue weighted by Gasteiger charge is -2.26. The molecular formula is C18H17FN2O4S. The van der Waals surface area contributed by atoms with Crippen LogP contribution in [0.3, 0.4) is 0 Å². The number of rotatable bonds is 3. The average molecular weight is 376 g/mol. The van der Waals surface area contributed by atoms with Crippen molar-refractivity contribution in [2.75, 3.05) is 5.75 Å². The summed E-state index contributed by atoms with van der Waals surface area (Å²) in [5.74, 6) is -1.08. The molecule has 2 aliphatic rings. The Morgan fingerprint density at radius 2 is 2.00 bits per heavy atom. The predicted octanol–water partition coefficient (Wildman–Crippen LogP) is 1.98. The average Bonchev–Trinajstić information content (AvgIpc) is 2.85. The van der Waals surface area contributed by atoms with E-state index in [4.69, 9.17) is 0 Å². The highest BCUT2D eigenvalue weighted by Crippen LogP contribution is 2.38. The lowest BCUT2D eigenvalue weighted by Crippen LogP contribution is -2.38.